The number of rotatable bonds is 3. The second-order valence-electron chi connectivity index (χ2n) is 2.94. The molecule has 0 aliphatic heterocycles. The van der Waals surface area contributed by atoms with E-state index in [4.69, 9.17) is 22.4 Å². The molecule has 0 radical (unpaired) electrons. The van der Waals surface area contributed by atoms with Gasteiger partial charge in [0.05, 0.1) is 11.1 Å². The van der Waals surface area contributed by atoms with E-state index in [2.05, 4.69) is 5.32 Å². The molecule has 4 nitrogen and oxygen atoms in total. The predicted molar refractivity (Wildman–Crippen MR) is 61.6 cm³/mol. The molecule has 4 N–H and O–H groups in total. The summed E-state index contributed by atoms with van der Waals surface area (Å²) in [7, 11) is 0. The molecule has 0 aromatic heterocycles. The van der Waals surface area contributed by atoms with Crippen molar-refractivity contribution < 1.29 is 14.3 Å². The van der Waals surface area contributed by atoms with Crippen LogP contribution < -0.4 is 11.1 Å². The Morgan fingerprint density at radius 3 is 2.81 bits per heavy atom. The minimum absolute atomic E-state index is 0. The molecule has 1 unspecified atom stereocenters. The maximum Gasteiger partial charge on any atom is 0.404 e. The van der Waals surface area contributed by atoms with E-state index in [0.29, 0.717) is 0 Å². The van der Waals surface area contributed by atoms with Gasteiger partial charge in [0.1, 0.15) is 5.82 Å². The molecule has 0 saturated carbocycles. The molecule has 0 bridgehead atoms. The Labute approximate surface area is 103 Å². The van der Waals surface area contributed by atoms with Gasteiger partial charge in [-0.2, -0.15) is 0 Å². The fraction of sp³-hybridized carbons (Fsp3) is 0.222. The van der Waals surface area contributed by atoms with Crippen molar-refractivity contribution >= 4 is 30.1 Å². The molecule has 7 heteroatoms. The molecular weight excluding hydrogens is 258 g/mol. The molecular formula is C9H11Cl2FN2O2. The third-order valence-corrected chi connectivity index (χ3v) is 2.15. The molecule has 16 heavy (non-hydrogen) atoms. The van der Waals surface area contributed by atoms with Crippen molar-refractivity contribution in [3.63, 3.8) is 0 Å². The van der Waals surface area contributed by atoms with E-state index in [1.807, 2.05) is 0 Å². The van der Waals surface area contributed by atoms with E-state index in [-0.39, 0.29) is 29.5 Å². The third kappa shape index (κ3) is 3.84. The van der Waals surface area contributed by atoms with Gasteiger partial charge in [-0.15, -0.1) is 12.4 Å². The molecule has 1 rings (SSSR count). The monoisotopic (exact) mass is 268 g/mol. The van der Waals surface area contributed by atoms with E-state index in [1.165, 1.54) is 12.1 Å². The summed E-state index contributed by atoms with van der Waals surface area (Å²) in [6.45, 7) is -0.0629. The maximum absolute atomic E-state index is 13.4. The summed E-state index contributed by atoms with van der Waals surface area (Å²) >= 11 is 5.55. The lowest BCUT2D eigenvalue weighted by Crippen LogP contribution is -2.31. The minimum atomic E-state index is -1.20. The summed E-state index contributed by atoms with van der Waals surface area (Å²) in [5, 5.41) is 10.4. The first kappa shape index (κ1) is 15.0. The van der Waals surface area contributed by atoms with Gasteiger partial charge in [0, 0.05) is 12.1 Å². The van der Waals surface area contributed by atoms with Gasteiger partial charge in [0.15, 0.2) is 0 Å². The second kappa shape index (κ2) is 6.52. The first-order chi connectivity index (χ1) is 7.02. The van der Waals surface area contributed by atoms with Crippen molar-refractivity contribution in [3.05, 3.63) is 34.6 Å². The second-order valence-corrected chi connectivity index (χ2v) is 3.34. The van der Waals surface area contributed by atoms with Crippen molar-refractivity contribution in [3.8, 4) is 0 Å². The van der Waals surface area contributed by atoms with Crippen LogP contribution in [0.1, 0.15) is 11.6 Å². The quantitative estimate of drug-likeness (QED) is 0.787. The van der Waals surface area contributed by atoms with Crippen molar-refractivity contribution in [1.29, 1.82) is 0 Å². The zero-order valence-electron chi connectivity index (χ0n) is 8.11. The molecule has 0 aliphatic rings. The standard InChI is InChI=1S/C9H10ClFN2O2.ClH/c10-6-3-1-2-5(8(6)11)7(12)4-13-9(14)15;/h1-3,7,13H,4,12H2,(H,14,15);1H. The highest BCUT2D eigenvalue weighted by atomic mass is 35.5. The van der Waals surface area contributed by atoms with Crippen LogP contribution in [0, 0.1) is 5.82 Å². The number of carbonyl (C=O) groups is 1. The molecule has 1 aromatic rings. The Hall–Kier alpha value is -1.04. The van der Waals surface area contributed by atoms with Crippen molar-refractivity contribution in [2.75, 3.05) is 6.54 Å². The van der Waals surface area contributed by atoms with E-state index >= 15 is 0 Å². The normalized spacial score (nSPS) is 11.4. The average molecular weight is 269 g/mol. The summed E-state index contributed by atoms with van der Waals surface area (Å²) in [6.07, 6.45) is -1.20. The molecule has 1 atom stereocenters. The average Bonchev–Trinajstić information content (AvgIpc) is 2.18. The van der Waals surface area contributed by atoms with Crippen LogP contribution in [0.2, 0.25) is 5.02 Å². The lowest BCUT2D eigenvalue weighted by molar-refractivity contribution is 0.193. The van der Waals surface area contributed by atoms with Gasteiger partial charge in [0.25, 0.3) is 0 Å². The fourth-order valence-electron chi connectivity index (χ4n) is 1.11. The lowest BCUT2D eigenvalue weighted by Gasteiger charge is -2.13. The minimum Gasteiger partial charge on any atom is -0.465 e. The van der Waals surface area contributed by atoms with Crippen molar-refractivity contribution in [1.82, 2.24) is 5.32 Å². The number of amides is 1. The van der Waals surface area contributed by atoms with Gasteiger partial charge in [-0.25, -0.2) is 9.18 Å². The van der Waals surface area contributed by atoms with Crippen molar-refractivity contribution in [2.24, 2.45) is 5.73 Å². The first-order valence-corrected chi connectivity index (χ1v) is 4.56. The number of benzene rings is 1. The molecule has 90 valence electrons. The van der Waals surface area contributed by atoms with E-state index in [1.54, 1.807) is 6.07 Å². The molecule has 0 heterocycles. The summed E-state index contributed by atoms with van der Waals surface area (Å²) in [4.78, 5) is 10.2. The summed E-state index contributed by atoms with van der Waals surface area (Å²) in [5.41, 5.74) is 5.78. The summed E-state index contributed by atoms with van der Waals surface area (Å²) < 4.78 is 13.4. The molecule has 0 aliphatic carbocycles. The Morgan fingerprint density at radius 1 is 1.62 bits per heavy atom. The van der Waals surface area contributed by atoms with Crippen LogP contribution in [-0.4, -0.2) is 17.7 Å². The molecule has 1 amide bonds. The van der Waals surface area contributed by atoms with E-state index in [9.17, 15) is 9.18 Å². The van der Waals surface area contributed by atoms with Crippen LogP contribution in [0.3, 0.4) is 0 Å². The van der Waals surface area contributed by atoms with E-state index in [0.717, 1.165) is 0 Å². The fourth-order valence-corrected chi connectivity index (χ4v) is 1.30. The van der Waals surface area contributed by atoms with Gasteiger partial charge in [-0.1, -0.05) is 23.7 Å². The first-order valence-electron chi connectivity index (χ1n) is 4.18. The van der Waals surface area contributed by atoms with Crippen LogP contribution in [-0.2, 0) is 0 Å². The van der Waals surface area contributed by atoms with Gasteiger partial charge in [-0.05, 0) is 6.07 Å². The smallest absolute Gasteiger partial charge is 0.404 e. The van der Waals surface area contributed by atoms with Gasteiger partial charge in [-0.3, -0.25) is 0 Å². The van der Waals surface area contributed by atoms with Crippen LogP contribution in [0.4, 0.5) is 9.18 Å². The van der Waals surface area contributed by atoms with Crippen LogP contribution in [0.25, 0.3) is 0 Å². The Balaban J connectivity index is 0.00000225. The highest BCUT2D eigenvalue weighted by molar-refractivity contribution is 6.30. The Morgan fingerprint density at radius 2 is 2.25 bits per heavy atom. The van der Waals surface area contributed by atoms with Crippen LogP contribution >= 0.6 is 24.0 Å². The zero-order chi connectivity index (χ0) is 11.4. The number of nitrogens with one attached hydrogen (secondary N) is 1. The number of hydrogen-bond donors (Lipinski definition) is 3. The predicted octanol–water partition coefficient (Wildman–Crippen LogP) is 2.17. The summed E-state index contributed by atoms with van der Waals surface area (Å²) in [5.74, 6) is -0.612. The number of hydrogen-bond acceptors (Lipinski definition) is 2. The Kier molecular flexibility index (Phi) is 6.10. The van der Waals surface area contributed by atoms with Crippen LogP contribution in [0.5, 0.6) is 0 Å². The van der Waals surface area contributed by atoms with Crippen molar-refractivity contribution in [2.45, 2.75) is 6.04 Å². The Bertz CT molecular complexity index is 377. The SMILES string of the molecule is Cl.NC(CNC(=O)O)c1cccc(Cl)c1F. The number of nitrogens with two attached hydrogens (primary N) is 1. The molecule has 0 saturated heterocycles. The molecule has 0 fully saturated rings. The largest absolute Gasteiger partial charge is 0.465 e. The maximum atomic E-state index is 13.4. The topological polar surface area (TPSA) is 75.3 Å². The molecule has 0 spiro atoms. The molecule has 1 aromatic carbocycles. The van der Waals surface area contributed by atoms with Gasteiger partial charge in [0.2, 0.25) is 0 Å². The lowest BCUT2D eigenvalue weighted by atomic mass is 10.1. The van der Waals surface area contributed by atoms with E-state index < -0.39 is 18.0 Å². The van der Waals surface area contributed by atoms with Gasteiger partial charge < -0.3 is 16.2 Å². The highest BCUT2D eigenvalue weighted by Crippen LogP contribution is 2.21. The third-order valence-electron chi connectivity index (χ3n) is 1.85. The number of halogens is 3. The number of carboxylic acid groups (broad SMARTS) is 1. The zero-order valence-corrected chi connectivity index (χ0v) is 9.69. The van der Waals surface area contributed by atoms with Gasteiger partial charge >= 0.3 is 6.09 Å². The van der Waals surface area contributed by atoms with Crippen LogP contribution in [0.15, 0.2) is 18.2 Å². The summed E-state index contributed by atoms with van der Waals surface area (Å²) in [6, 6.07) is 3.67. The highest BCUT2D eigenvalue weighted by Gasteiger charge is 2.14.